The molecule has 74 valence electrons. The zero-order chi connectivity index (χ0) is 9.56. The van der Waals surface area contributed by atoms with E-state index in [9.17, 15) is 0 Å². The van der Waals surface area contributed by atoms with Gasteiger partial charge in [-0.25, -0.2) is 0 Å². The molecule has 0 aliphatic heterocycles. The largest absolute Gasteiger partial charge is 0.395 e. The minimum Gasteiger partial charge on any atom is -0.395 e. The van der Waals surface area contributed by atoms with Gasteiger partial charge >= 0.3 is 0 Å². The molecule has 0 aliphatic rings. The van der Waals surface area contributed by atoms with Crippen LogP contribution in [0.25, 0.3) is 0 Å². The van der Waals surface area contributed by atoms with Crippen molar-refractivity contribution in [3.8, 4) is 0 Å². The fourth-order valence-electron chi connectivity index (χ4n) is 1.19. The van der Waals surface area contributed by atoms with E-state index in [4.69, 9.17) is 5.11 Å². The van der Waals surface area contributed by atoms with Crippen LogP contribution in [0, 0.1) is 11.8 Å². The van der Waals surface area contributed by atoms with Gasteiger partial charge in [-0.3, -0.25) is 0 Å². The third-order valence-corrected chi connectivity index (χ3v) is 1.79. The molecule has 2 heteroatoms. The summed E-state index contributed by atoms with van der Waals surface area (Å²) < 4.78 is 0. The van der Waals surface area contributed by atoms with Gasteiger partial charge in [-0.2, -0.15) is 0 Å². The molecule has 0 aromatic rings. The van der Waals surface area contributed by atoms with Crippen LogP contribution in [-0.2, 0) is 0 Å². The monoisotopic (exact) mass is 173 g/mol. The first kappa shape index (κ1) is 11.9. The summed E-state index contributed by atoms with van der Waals surface area (Å²) in [6, 6.07) is 0.285. The fraction of sp³-hybridized carbons (Fsp3) is 1.00. The lowest BCUT2D eigenvalue weighted by molar-refractivity contribution is 0.221. The standard InChI is InChI=1S/C10H23NO/c1-8(2)5-10(7-12)11-6-9(3)4/h8-12H,5-7H2,1-4H3/t10-/m0/s1. The third kappa shape index (κ3) is 6.62. The number of aliphatic hydroxyl groups excluding tert-OH is 1. The maximum atomic E-state index is 9.03. The van der Waals surface area contributed by atoms with Crippen molar-refractivity contribution in [2.75, 3.05) is 13.2 Å². The molecule has 0 aliphatic carbocycles. The molecule has 0 heterocycles. The molecule has 0 saturated heterocycles. The molecule has 1 atom stereocenters. The summed E-state index contributed by atoms with van der Waals surface area (Å²) in [6.07, 6.45) is 1.06. The van der Waals surface area contributed by atoms with Crippen molar-refractivity contribution in [1.82, 2.24) is 5.32 Å². The Balaban J connectivity index is 3.53. The smallest absolute Gasteiger partial charge is 0.0584 e. The first-order chi connectivity index (χ1) is 5.56. The van der Waals surface area contributed by atoms with E-state index in [0.717, 1.165) is 13.0 Å². The zero-order valence-electron chi connectivity index (χ0n) is 8.80. The van der Waals surface area contributed by atoms with Gasteiger partial charge in [0.2, 0.25) is 0 Å². The van der Waals surface area contributed by atoms with Crippen molar-refractivity contribution < 1.29 is 5.11 Å². The van der Waals surface area contributed by atoms with Gasteiger partial charge in [0, 0.05) is 6.04 Å². The topological polar surface area (TPSA) is 32.3 Å². The van der Waals surface area contributed by atoms with Gasteiger partial charge in [0.05, 0.1) is 6.61 Å². The minimum atomic E-state index is 0.255. The predicted octanol–water partition coefficient (Wildman–Crippen LogP) is 1.64. The van der Waals surface area contributed by atoms with E-state index in [1.807, 2.05) is 0 Å². The second kappa shape index (κ2) is 6.44. The maximum Gasteiger partial charge on any atom is 0.0584 e. The molecule has 0 radical (unpaired) electrons. The Morgan fingerprint density at radius 1 is 1.08 bits per heavy atom. The second-order valence-electron chi connectivity index (χ2n) is 4.31. The van der Waals surface area contributed by atoms with Crippen LogP contribution in [-0.4, -0.2) is 24.3 Å². The number of nitrogens with one attached hydrogen (secondary N) is 1. The normalized spacial score (nSPS) is 14.2. The van der Waals surface area contributed by atoms with Gasteiger partial charge in [0.1, 0.15) is 0 Å². The van der Waals surface area contributed by atoms with Crippen molar-refractivity contribution in [3.63, 3.8) is 0 Å². The lowest BCUT2D eigenvalue weighted by Gasteiger charge is -2.19. The molecule has 0 aromatic heterocycles. The van der Waals surface area contributed by atoms with Crippen molar-refractivity contribution in [2.45, 2.75) is 40.2 Å². The Morgan fingerprint density at radius 2 is 1.67 bits per heavy atom. The van der Waals surface area contributed by atoms with E-state index in [1.165, 1.54) is 0 Å². The summed E-state index contributed by atoms with van der Waals surface area (Å²) in [5, 5.41) is 12.4. The van der Waals surface area contributed by atoms with Crippen LogP contribution in [0.15, 0.2) is 0 Å². The Hall–Kier alpha value is -0.0800. The van der Waals surface area contributed by atoms with Gasteiger partial charge in [-0.1, -0.05) is 27.7 Å². The highest BCUT2D eigenvalue weighted by Gasteiger charge is 2.08. The van der Waals surface area contributed by atoms with Crippen molar-refractivity contribution >= 4 is 0 Å². The average Bonchev–Trinajstić information content (AvgIpc) is 1.97. The molecule has 0 fully saturated rings. The van der Waals surface area contributed by atoms with Gasteiger partial charge in [-0.05, 0) is 24.8 Å². The fourth-order valence-corrected chi connectivity index (χ4v) is 1.19. The summed E-state index contributed by atoms with van der Waals surface area (Å²) in [4.78, 5) is 0. The summed E-state index contributed by atoms with van der Waals surface area (Å²) in [5.41, 5.74) is 0. The highest BCUT2D eigenvalue weighted by atomic mass is 16.3. The lowest BCUT2D eigenvalue weighted by Crippen LogP contribution is -2.36. The van der Waals surface area contributed by atoms with Gasteiger partial charge in [0.15, 0.2) is 0 Å². The Kier molecular flexibility index (Phi) is 6.39. The lowest BCUT2D eigenvalue weighted by atomic mass is 10.0. The molecule has 0 saturated carbocycles. The van der Waals surface area contributed by atoms with Crippen LogP contribution in [0.3, 0.4) is 0 Å². The molecule has 0 aromatic carbocycles. The van der Waals surface area contributed by atoms with E-state index >= 15 is 0 Å². The van der Waals surface area contributed by atoms with Gasteiger partial charge in [0.25, 0.3) is 0 Å². The van der Waals surface area contributed by atoms with Crippen LogP contribution in [0.5, 0.6) is 0 Å². The number of hydrogen-bond acceptors (Lipinski definition) is 2. The summed E-state index contributed by atoms with van der Waals surface area (Å²) in [6.45, 7) is 9.97. The van der Waals surface area contributed by atoms with Crippen molar-refractivity contribution in [3.05, 3.63) is 0 Å². The molecular weight excluding hydrogens is 150 g/mol. The molecule has 0 spiro atoms. The summed E-state index contributed by atoms with van der Waals surface area (Å²) in [7, 11) is 0. The molecule has 0 rings (SSSR count). The highest BCUT2D eigenvalue weighted by Crippen LogP contribution is 2.04. The SMILES string of the molecule is CC(C)CN[C@H](CO)CC(C)C. The van der Waals surface area contributed by atoms with Crippen LogP contribution >= 0.6 is 0 Å². The maximum absolute atomic E-state index is 9.03. The summed E-state index contributed by atoms with van der Waals surface area (Å²) in [5.74, 6) is 1.31. The van der Waals surface area contributed by atoms with E-state index in [-0.39, 0.29) is 12.6 Å². The van der Waals surface area contributed by atoms with Crippen LogP contribution in [0.1, 0.15) is 34.1 Å². The molecule has 0 unspecified atom stereocenters. The van der Waals surface area contributed by atoms with E-state index < -0.39 is 0 Å². The first-order valence-electron chi connectivity index (χ1n) is 4.90. The Labute approximate surface area is 76.4 Å². The van der Waals surface area contributed by atoms with Crippen LogP contribution in [0.4, 0.5) is 0 Å². The molecule has 12 heavy (non-hydrogen) atoms. The molecule has 0 amide bonds. The number of aliphatic hydroxyl groups is 1. The van der Waals surface area contributed by atoms with E-state index in [2.05, 4.69) is 33.0 Å². The summed E-state index contributed by atoms with van der Waals surface area (Å²) >= 11 is 0. The van der Waals surface area contributed by atoms with Crippen LogP contribution in [0.2, 0.25) is 0 Å². The van der Waals surface area contributed by atoms with Gasteiger partial charge < -0.3 is 10.4 Å². The average molecular weight is 173 g/mol. The van der Waals surface area contributed by atoms with Gasteiger partial charge in [-0.15, -0.1) is 0 Å². The third-order valence-electron chi connectivity index (χ3n) is 1.79. The minimum absolute atomic E-state index is 0.255. The Bertz CT molecular complexity index is 102. The van der Waals surface area contributed by atoms with E-state index in [1.54, 1.807) is 0 Å². The van der Waals surface area contributed by atoms with Crippen molar-refractivity contribution in [1.29, 1.82) is 0 Å². The molecular formula is C10H23NO. The molecule has 0 bridgehead atoms. The predicted molar refractivity (Wildman–Crippen MR) is 53.2 cm³/mol. The first-order valence-corrected chi connectivity index (χ1v) is 4.90. The number of hydrogen-bond donors (Lipinski definition) is 2. The Morgan fingerprint density at radius 3 is 2.00 bits per heavy atom. The molecule has 2 nitrogen and oxygen atoms in total. The quantitative estimate of drug-likeness (QED) is 0.640. The molecule has 2 N–H and O–H groups in total. The second-order valence-corrected chi connectivity index (χ2v) is 4.31. The van der Waals surface area contributed by atoms with E-state index in [0.29, 0.717) is 11.8 Å². The zero-order valence-corrected chi connectivity index (χ0v) is 8.80. The van der Waals surface area contributed by atoms with Crippen molar-refractivity contribution in [2.24, 2.45) is 11.8 Å². The number of rotatable bonds is 6. The highest BCUT2D eigenvalue weighted by molar-refractivity contribution is 4.67. The van der Waals surface area contributed by atoms with Crippen LogP contribution < -0.4 is 5.32 Å².